The van der Waals surface area contributed by atoms with Crippen molar-refractivity contribution < 1.29 is 14.1 Å². The second kappa shape index (κ2) is 4.76. The maximum atomic E-state index is 11.3. The highest BCUT2D eigenvalue weighted by Crippen LogP contribution is 2.35. The first-order valence-electron chi connectivity index (χ1n) is 6.14. The van der Waals surface area contributed by atoms with Crippen molar-refractivity contribution in [2.45, 2.75) is 13.5 Å². The highest BCUT2D eigenvalue weighted by atomic mass is 16.5. The molecule has 104 valence electrons. The zero-order valence-corrected chi connectivity index (χ0v) is 10.9. The van der Waals surface area contributed by atoms with Gasteiger partial charge in [0, 0.05) is 12.1 Å². The number of nitrogens with one attached hydrogen (secondary N) is 2. The lowest BCUT2D eigenvalue weighted by Crippen LogP contribution is -2.25. The molecule has 4 N–H and O–H groups in total. The second-order valence-corrected chi connectivity index (χ2v) is 4.55. The average molecular weight is 274 g/mol. The fraction of sp³-hybridized carbons (Fsp3) is 0.231. The molecule has 0 saturated heterocycles. The van der Waals surface area contributed by atoms with Crippen LogP contribution in [0.2, 0.25) is 0 Å². The minimum absolute atomic E-state index is 0.0113. The number of ether oxygens (including phenoxy) is 1. The third-order valence-electron chi connectivity index (χ3n) is 2.92. The number of nitrogens with two attached hydrogens (primary N) is 1. The van der Waals surface area contributed by atoms with Crippen molar-refractivity contribution in [2.75, 3.05) is 23.0 Å². The lowest BCUT2D eigenvalue weighted by Gasteiger charge is -2.20. The molecule has 0 spiro atoms. The normalized spacial score (nSPS) is 13.3. The molecular weight excluding hydrogens is 260 g/mol. The molecule has 1 aliphatic heterocycles. The molecule has 1 amide bonds. The van der Waals surface area contributed by atoms with Gasteiger partial charge in [-0.15, -0.1) is 0 Å². The van der Waals surface area contributed by atoms with Crippen LogP contribution < -0.4 is 21.1 Å². The summed E-state index contributed by atoms with van der Waals surface area (Å²) in [6, 6.07) is 5.27. The van der Waals surface area contributed by atoms with E-state index in [1.165, 1.54) is 0 Å². The number of nitrogens with zero attached hydrogens (tertiary/aromatic N) is 1. The summed E-state index contributed by atoms with van der Waals surface area (Å²) in [5.74, 6) is 1.14. The SMILES string of the molecule is Cc1cc(CNc2cc3c(cc2N)OCC(=O)N3)no1. The highest BCUT2D eigenvalue weighted by Gasteiger charge is 2.17. The predicted molar refractivity (Wildman–Crippen MR) is 73.5 cm³/mol. The standard InChI is InChI=1S/C13H14N4O3/c1-7-2-8(17-20-7)5-15-10-4-11-12(3-9(10)14)19-6-13(18)16-11/h2-4,15H,5-6,14H2,1H3,(H,16,18). The van der Waals surface area contributed by atoms with Gasteiger partial charge in [0.25, 0.3) is 5.91 Å². The number of aromatic nitrogens is 1. The number of carbonyl (C=O) groups is 1. The van der Waals surface area contributed by atoms with Crippen molar-refractivity contribution in [3.8, 4) is 5.75 Å². The fourth-order valence-corrected chi connectivity index (χ4v) is 1.98. The smallest absolute Gasteiger partial charge is 0.262 e. The maximum Gasteiger partial charge on any atom is 0.262 e. The quantitative estimate of drug-likeness (QED) is 0.733. The van der Waals surface area contributed by atoms with Crippen molar-refractivity contribution in [3.05, 3.63) is 29.7 Å². The number of hydrogen-bond acceptors (Lipinski definition) is 6. The van der Waals surface area contributed by atoms with Gasteiger partial charge >= 0.3 is 0 Å². The van der Waals surface area contributed by atoms with Gasteiger partial charge in [-0.2, -0.15) is 0 Å². The maximum absolute atomic E-state index is 11.3. The first kappa shape index (κ1) is 12.3. The van der Waals surface area contributed by atoms with Gasteiger partial charge < -0.3 is 25.6 Å². The number of amides is 1. The number of benzene rings is 1. The Kier molecular flexibility index (Phi) is 2.94. The van der Waals surface area contributed by atoms with Crippen molar-refractivity contribution in [2.24, 2.45) is 0 Å². The van der Waals surface area contributed by atoms with Crippen LogP contribution in [0, 0.1) is 6.92 Å². The molecule has 20 heavy (non-hydrogen) atoms. The molecule has 7 nitrogen and oxygen atoms in total. The summed E-state index contributed by atoms with van der Waals surface area (Å²) in [5.41, 5.74) is 8.58. The number of aryl methyl sites for hydroxylation is 1. The van der Waals surface area contributed by atoms with E-state index in [-0.39, 0.29) is 12.5 Å². The number of carbonyl (C=O) groups excluding carboxylic acids is 1. The minimum Gasteiger partial charge on any atom is -0.482 e. The molecule has 1 aromatic heterocycles. The van der Waals surface area contributed by atoms with E-state index in [4.69, 9.17) is 15.0 Å². The second-order valence-electron chi connectivity index (χ2n) is 4.55. The van der Waals surface area contributed by atoms with Crippen LogP contribution >= 0.6 is 0 Å². The monoisotopic (exact) mass is 274 g/mol. The zero-order valence-electron chi connectivity index (χ0n) is 10.9. The Morgan fingerprint density at radius 3 is 3.05 bits per heavy atom. The van der Waals surface area contributed by atoms with Crippen LogP contribution in [-0.4, -0.2) is 17.7 Å². The molecule has 0 atom stereocenters. The molecule has 0 saturated carbocycles. The van der Waals surface area contributed by atoms with E-state index in [0.717, 1.165) is 11.5 Å². The van der Waals surface area contributed by atoms with E-state index in [0.29, 0.717) is 29.4 Å². The Balaban J connectivity index is 1.79. The van der Waals surface area contributed by atoms with Gasteiger partial charge in [-0.25, -0.2) is 0 Å². The zero-order chi connectivity index (χ0) is 14.1. The van der Waals surface area contributed by atoms with E-state index in [1.54, 1.807) is 12.1 Å². The molecule has 0 unspecified atom stereocenters. The number of nitrogen functional groups attached to an aromatic ring is 1. The number of rotatable bonds is 3. The summed E-state index contributed by atoms with van der Waals surface area (Å²) in [5, 5.41) is 9.78. The van der Waals surface area contributed by atoms with Gasteiger partial charge in [0.2, 0.25) is 0 Å². The molecule has 7 heteroatoms. The van der Waals surface area contributed by atoms with Crippen LogP contribution in [0.25, 0.3) is 0 Å². The van der Waals surface area contributed by atoms with E-state index < -0.39 is 0 Å². The first-order valence-corrected chi connectivity index (χ1v) is 6.14. The topological polar surface area (TPSA) is 102 Å². The van der Waals surface area contributed by atoms with Crippen LogP contribution in [-0.2, 0) is 11.3 Å². The minimum atomic E-state index is -0.180. The summed E-state index contributed by atoms with van der Waals surface area (Å²) in [6.45, 7) is 2.32. The third-order valence-corrected chi connectivity index (χ3v) is 2.92. The molecule has 2 aromatic rings. The van der Waals surface area contributed by atoms with E-state index in [1.807, 2.05) is 13.0 Å². The summed E-state index contributed by atoms with van der Waals surface area (Å²) < 4.78 is 10.3. The molecule has 0 bridgehead atoms. The van der Waals surface area contributed by atoms with Crippen molar-refractivity contribution >= 4 is 23.0 Å². The van der Waals surface area contributed by atoms with Gasteiger partial charge in [-0.05, 0) is 13.0 Å². The molecular formula is C13H14N4O3. The number of hydrogen-bond donors (Lipinski definition) is 3. The number of anilines is 3. The van der Waals surface area contributed by atoms with Crippen molar-refractivity contribution in [1.82, 2.24) is 5.16 Å². The molecule has 1 aromatic carbocycles. The summed E-state index contributed by atoms with van der Waals surface area (Å²) in [4.78, 5) is 11.3. The van der Waals surface area contributed by atoms with Crippen LogP contribution in [0.3, 0.4) is 0 Å². The van der Waals surface area contributed by atoms with Crippen LogP contribution in [0.4, 0.5) is 17.1 Å². The summed E-state index contributed by atoms with van der Waals surface area (Å²) >= 11 is 0. The Bertz CT molecular complexity index is 666. The number of fused-ring (bicyclic) bond motifs is 1. The first-order chi connectivity index (χ1) is 9.61. The molecule has 0 aliphatic carbocycles. The third kappa shape index (κ3) is 2.37. The highest BCUT2D eigenvalue weighted by molar-refractivity contribution is 5.97. The van der Waals surface area contributed by atoms with Crippen LogP contribution in [0.1, 0.15) is 11.5 Å². The van der Waals surface area contributed by atoms with Crippen molar-refractivity contribution in [1.29, 1.82) is 0 Å². The van der Waals surface area contributed by atoms with Gasteiger partial charge in [0.05, 0.1) is 23.6 Å². The average Bonchev–Trinajstić information content (AvgIpc) is 2.83. The van der Waals surface area contributed by atoms with Gasteiger partial charge in [0.15, 0.2) is 6.61 Å². The lowest BCUT2D eigenvalue weighted by atomic mass is 10.2. The Hall–Kier alpha value is -2.70. The van der Waals surface area contributed by atoms with Gasteiger partial charge in [-0.3, -0.25) is 4.79 Å². The molecule has 3 rings (SSSR count). The summed E-state index contributed by atoms with van der Waals surface area (Å²) in [7, 11) is 0. The summed E-state index contributed by atoms with van der Waals surface area (Å²) in [6.07, 6.45) is 0. The van der Waals surface area contributed by atoms with Gasteiger partial charge in [0.1, 0.15) is 17.2 Å². The Morgan fingerprint density at radius 2 is 2.30 bits per heavy atom. The molecule has 0 fully saturated rings. The molecule has 0 radical (unpaired) electrons. The van der Waals surface area contributed by atoms with E-state index in [2.05, 4.69) is 15.8 Å². The van der Waals surface area contributed by atoms with Crippen LogP contribution in [0.15, 0.2) is 22.7 Å². The largest absolute Gasteiger partial charge is 0.482 e. The van der Waals surface area contributed by atoms with Gasteiger partial charge in [-0.1, -0.05) is 5.16 Å². The fourth-order valence-electron chi connectivity index (χ4n) is 1.98. The van der Waals surface area contributed by atoms with Crippen molar-refractivity contribution in [3.63, 3.8) is 0 Å². The van der Waals surface area contributed by atoms with E-state index >= 15 is 0 Å². The Labute approximate surface area is 115 Å². The molecule has 1 aliphatic rings. The van der Waals surface area contributed by atoms with E-state index in [9.17, 15) is 4.79 Å². The Morgan fingerprint density at radius 1 is 1.45 bits per heavy atom. The molecule has 2 heterocycles. The van der Waals surface area contributed by atoms with Crippen LogP contribution in [0.5, 0.6) is 5.75 Å². The lowest BCUT2D eigenvalue weighted by molar-refractivity contribution is -0.118. The predicted octanol–water partition coefficient (Wildman–Crippen LogP) is 1.51.